The summed E-state index contributed by atoms with van der Waals surface area (Å²) >= 11 is 3.94. The van der Waals surface area contributed by atoms with Crippen molar-refractivity contribution in [2.24, 2.45) is 5.41 Å². The highest BCUT2D eigenvalue weighted by molar-refractivity contribution is 7.80. The molecule has 3 aromatic carbocycles. The molecule has 0 aromatic heterocycles. The summed E-state index contributed by atoms with van der Waals surface area (Å²) in [5.74, 6) is 1.27. The summed E-state index contributed by atoms with van der Waals surface area (Å²) in [5, 5.41) is 6.05. The summed E-state index contributed by atoms with van der Waals surface area (Å²) in [4.78, 5) is 24.8. The lowest BCUT2D eigenvalue weighted by Crippen LogP contribution is -2.23. The SMILES string of the molecule is C#C.CC.CC(C)(C)/C=C/c1ccc(C(Cc2ccc(C=O)cc2)C(=O)Nc2ccc(/C3=C/C/C=C\C=C/CO3)cc2)cc1.CNCCS. The number of carbonyl (C=O) groups excluding carboxylic acids is 2. The first-order valence-electron chi connectivity index (χ1n) is 16.7. The van der Waals surface area contributed by atoms with Crippen LogP contribution in [0.5, 0.6) is 0 Å². The average Bonchev–Trinajstić information content (AvgIpc) is 3.27. The molecule has 1 aliphatic rings. The van der Waals surface area contributed by atoms with Gasteiger partial charge in [0.05, 0.1) is 5.92 Å². The minimum atomic E-state index is -0.402. The number of rotatable bonds is 10. The maximum absolute atomic E-state index is 13.7. The van der Waals surface area contributed by atoms with Crippen LogP contribution >= 0.6 is 12.6 Å². The molecule has 0 saturated carbocycles. The van der Waals surface area contributed by atoms with Crippen LogP contribution in [0.2, 0.25) is 0 Å². The van der Waals surface area contributed by atoms with Crippen molar-refractivity contribution in [2.45, 2.75) is 53.4 Å². The maximum atomic E-state index is 13.7. The highest BCUT2D eigenvalue weighted by Gasteiger charge is 2.22. The number of amides is 1. The fourth-order valence-electron chi connectivity index (χ4n) is 4.44. The van der Waals surface area contributed by atoms with Crippen molar-refractivity contribution in [3.05, 3.63) is 137 Å². The number of nitrogens with one attached hydrogen (secondary N) is 2. The van der Waals surface area contributed by atoms with E-state index >= 15 is 0 Å². The second kappa shape index (κ2) is 24.6. The first-order chi connectivity index (χ1) is 23.7. The van der Waals surface area contributed by atoms with Gasteiger partial charge >= 0.3 is 0 Å². The molecule has 0 radical (unpaired) electrons. The van der Waals surface area contributed by atoms with Gasteiger partial charge < -0.3 is 15.4 Å². The van der Waals surface area contributed by atoms with Crippen LogP contribution in [0.25, 0.3) is 11.8 Å². The van der Waals surface area contributed by atoms with Gasteiger partial charge in [0, 0.05) is 29.1 Å². The van der Waals surface area contributed by atoms with Gasteiger partial charge in [-0.15, -0.1) is 12.8 Å². The second-order valence-corrected chi connectivity index (χ2v) is 12.3. The van der Waals surface area contributed by atoms with Gasteiger partial charge in [0.25, 0.3) is 0 Å². The minimum Gasteiger partial charge on any atom is -0.489 e. The number of hydrogen-bond acceptors (Lipinski definition) is 5. The quantitative estimate of drug-likeness (QED) is 0.113. The van der Waals surface area contributed by atoms with Crippen LogP contribution < -0.4 is 10.6 Å². The molecule has 0 saturated heterocycles. The number of ether oxygens (including phenoxy) is 1. The van der Waals surface area contributed by atoms with E-state index in [1.807, 2.05) is 87.7 Å². The van der Waals surface area contributed by atoms with E-state index in [0.717, 1.165) is 58.7 Å². The molecule has 4 rings (SSSR count). The molecule has 5 nitrogen and oxygen atoms in total. The summed E-state index contributed by atoms with van der Waals surface area (Å²) in [6, 6.07) is 23.3. The fraction of sp³-hybridized carbons (Fsp3) is 0.302. The van der Waals surface area contributed by atoms with Crippen LogP contribution in [0.1, 0.15) is 79.6 Å². The molecule has 2 N–H and O–H groups in total. The van der Waals surface area contributed by atoms with Gasteiger partial charge in [-0.2, -0.15) is 12.6 Å². The van der Waals surface area contributed by atoms with Crippen molar-refractivity contribution in [2.75, 3.05) is 31.3 Å². The van der Waals surface area contributed by atoms with E-state index in [0.29, 0.717) is 18.6 Å². The molecule has 1 atom stereocenters. The number of allylic oxidation sites excluding steroid dienone is 5. The van der Waals surface area contributed by atoms with Crippen molar-refractivity contribution in [3.8, 4) is 12.8 Å². The maximum Gasteiger partial charge on any atom is 0.232 e. The summed E-state index contributed by atoms with van der Waals surface area (Å²) < 4.78 is 5.91. The standard InChI is InChI=1S/C36H37NO3.C3H9NS.C2H6.C2H2/c1-36(2,3)23-22-27-14-16-30(17-15-27)33(25-28-10-12-29(26-38)13-11-28)35(39)37-32-20-18-31(19-21-32)34-9-7-5-4-6-8-24-40-34;1-4-2-3-5;2*1-2/h4-6,8-23,26,33H,7,24-25H2,1-3H3,(H,37,39);4-5H,2-3H2,1H3;1-2H3;1-2H/b5-4-,8-6-,23-22+,34-9-;;;. The first kappa shape index (κ1) is 42.5. The highest BCUT2D eigenvalue weighted by atomic mass is 32.1. The Labute approximate surface area is 301 Å². The zero-order valence-corrected chi connectivity index (χ0v) is 30.9. The van der Waals surface area contributed by atoms with Crippen molar-refractivity contribution < 1.29 is 14.3 Å². The Bertz CT molecular complexity index is 1510. The third kappa shape index (κ3) is 16.9. The molecule has 1 unspecified atom stereocenters. The van der Waals surface area contributed by atoms with E-state index in [2.05, 4.69) is 93.3 Å². The predicted molar refractivity (Wildman–Crippen MR) is 214 cm³/mol. The summed E-state index contributed by atoms with van der Waals surface area (Å²) in [5.41, 5.74) is 5.42. The molecular weight excluding hydrogens is 625 g/mol. The van der Waals surface area contributed by atoms with Gasteiger partial charge in [0.1, 0.15) is 18.7 Å². The Hall–Kier alpha value is -4.57. The topological polar surface area (TPSA) is 67.4 Å². The van der Waals surface area contributed by atoms with Gasteiger partial charge in [0.15, 0.2) is 0 Å². The van der Waals surface area contributed by atoms with Crippen molar-refractivity contribution in [1.29, 1.82) is 0 Å². The zero-order valence-electron chi connectivity index (χ0n) is 30.0. The van der Waals surface area contributed by atoms with Gasteiger partial charge in [0.2, 0.25) is 5.91 Å². The molecule has 3 aromatic rings. The van der Waals surface area contributed by atoms with E-state index in [9.17, 15) is 9.59 Å². The van der Waals surface area contributed by atoms with Crippen LogP contribution in [-0.2, 0) is 16.0 Å². The van der Waals surface area contributed by atoms with Gasteiger partial charge in [-0.25, -0.2) is 0 Å². The number of carbonyl (C=O) groups is 2. The molecule has 0 bridgehead atoms. The number of terminal acetylenes is 1. The second-order valence-electron chi connectivity index (χ2n) is 11.8. The van der Waals surface area contributed by atoms with Crippen LogP contribution in [-0.4, -0.2) is 38.1 Å². The van der Waals surface area contributed by atoms with Crippen molar-refractivity contribution in [3.63, 3.8) is 0 Å². The molecule has 260 valence electrons. The van der Waals surface area contributed by atoms with Crippen LogP contribution in [0.15, 0.2) is 109 Å². The molecule has 0 spiro atoms. The van der Waals surface area contributed by atoms with E-state index in [-0.39, 0.29) is 11.3 Å². The lowest BCUT2D eigenvalue weighted by Gasteiger charge is -2.18. The normalized spacial score (nSPS) is 15.2. The molecule has 0 fully saturated rings. The van der Waals surface area contributed by atoms with E-state index in [1.165, 1.54) is 0 Å². The van der Waals surface area contributed by atoms with Crippen LogP contribution in [0.3, 0.4) is 0 Å². The molecule has 1 heterocycles. The van der Waals surface area contributed by atoms with E-state index in [1.54, 1.807) is 12.1 Å². The molecule has 1 aliphatic heterocycles. The largest absolute Gasteiger partial charge is 0.489 e. The fourth-order valence-corrected chi connectivity index (χ4v) is 4.66. The Kier molecular flexibility index (Phi) is 21.3. The summed E-state index contributed by atoms with van der Waals surface area (Å²) in [6.07, 6.45) is 24.5. The number of aldehydes is 1. The third-order valence-electron chi connectivity index (χ3n) is 6.94. The van der Waals surface area contributed by atoms with Crippen LogP contribution in [0.4, 0.5) is 5.69 Å². The lowest BCUT2D eigenvalue weighted by molar-refractivity contribution is -0.117. The molecule has 0 aliphatic carbocycles. The predicted octanol–water partition coefficient (Wildman–Crippen LogP) is 9.81. The van der Waals surface area contributed by atoms with Gasteiger partial charge in [-0.3, -0.25) is 9.59 Å². The Morgan fingerprint density at radius 3 is 2.08 bits per heavy atom. The number of anilines is 1. The van der Waals surface area contributed by atoms with Crippen molar-refractivity contribution in [1.82, 2.24) is 5.32 Å². The smallest absolute Gasteiger partial charge is 0.232 e. The Balaban J connectivity index is 0.00000120. The Morgan fingerprint density at radius 2 is 1.53 bits per heavy atom. The summed E-state index contributed by atoms with van der Waals surface area (Å²) in [6.45, 7) is 12.0. The van der Waals surface area contributed by atoms with Crippen LogP contribution in [0, 0.1) is 18.3 Å². The van der Waals surface area contributed by atoms with E-state index < -0.39 is 5.92 Å². The molecule has 49 heavy (non-hydrogen) atoms. The Morgan fingerprint density at radius 1 is 0.918 bits per heavy atom. The van der Waals surface area contributed by atoms with Crippen molar-refractivity contribution >= 4 is 42.3 Å². The van der Waals surface area contributed by atoms with Gasteiger partial charge in [-0.05, 0) is 78.4 Å². The monoisotopic (exact) mass is 678 g/mol. The minimum absolute atomic E-state index is 0.0848. The van der Waals surface area contributed by atoms with E-state index in [4.69, 9.17) is 4.74 Å². The highest BCUT2D eigenvalue weighted by Crippen LogP contribution is 2.26. The number of benzene rings is 3. The number of thiol groups is 1. The zero-order chi connectivity index (χ0) is 36.5. The third-order valence-corrected chi connectivity index (χ3v) is 7.17. The molecule has 6 heteroatoms. The summed E-state index contributed by atoms with van der Waals surface area (Å²) in [7, 11) is 1.91. The lowest BCUT2D eigenvalue weighted by atomic mass is 9.89. The molecular formula is C43H54N2O3S. The molecule has 1 amide bonds. The average molecular weight is 679 g/mol. The number of hydrogen-bond donors (Lipinski definition) is 3. The first-order valence-corrected chi connectivity index (χ1v) is 17.3. The van der Waals surface area contributed by atoms with Gasteiger partial charge in [-0.1, -0.05) is 114 Å².